The van der Waals surface area contributed by atoms with Crippen LogP contribution in [0.5, 0.6) is 11.6 Å². The number of ether oxygens (including phenoxy) is 1. The predicted molar refractivity (Wildman–Crippen MR) is 78.6 cm³/mol. The third-order valence-corrected chi connectivity index (χ3v) is 3.18. The van der Waals surface area contributed by atoms with Crippen LogP contribution in [0.3, 0.4) is 0 Å². The normalized spacial score (nSPS) is 10.5. The molecule has 19 heavy (non-hydrogen) atoms. The fourth-order valence-corrected chi connectivity index (χ4v) is 2.21. The van der Waals surface area contributed by atoms with E-state index in [4.69, 9.17) is 16.3 Å². The molecule has 2 aromatic rings. The molecule has 1 N–H and O–H groups in total. The Labute approximate surface area is 125 Å². The molecule has 1 aromatic heterocycles. The topological polar surface area (TPSA) is 47.0 Å². The van der Waals surface area contributed by atoms with E-state index in [1.54, 1.807) is 30.6 Å². The highest BCUT2D eigenvalue weighted by atomic mass is 79.9. The number of benzene rings is 1. The van der Waals surface area contributed by atoms with Crippen LogP contribution in [0.15, 0.2) is 35.1 Å². The van der Waals surface area contributed by atoms with Crippen LogP contribution in [0.1, 0.15) is 12.6 Å². The average Bonchev–Trinajstić information content (AvgIpc) is 2.40. The fourth-order valence-electron chi connectivity index (χ4n) is 1.44. The van der Waals surface area contributed by atoms with Gasteiger partial charge in [-0.2, -0.15) is 0 Å². The highest BCUT2D eigenvalue weighted by Crippen LogP contribution is 2.30. The molecule has 0 saturated heterocycles. The molecule has 0 bridgehead atoms. The zero-order chi connectivity index (χ0) is 13.7. The first-order chi connectivity index (χ1) is 9.19. The minimum absolute atomic E-state index is 0.457. The van der Waals surface area contributed by atoms with Crippen molar-refractivity contribution in [2.45, 2.75) is 13.5 Å². The van der Waals surface area contributed by atoms with Gasteiger partial charge in [0.2, 0.25) is 5.88 Å². The van der Waals surface area contributed by atoms with E-state index in [1.807, 2.05) is 6.92 Å². The first kappa shape index (κ1) is 14.2. The van der Waals surface area contributed by atoms with Crippen molar-refractivity contribution < 1.29 is 4.74 Å². The Kier molecular flexibility index (Phi) is 5.13. The van der Waals surface area contributed by atoms with Crippen LogP contribution in [-0.2, 0) is 6.54 Å². The van der Waals surface area contributed by atoms with Crippen LogP contribution in [0.2, 0.25) is 5.02 Å². The van der Waals surface area contributed by atoms with Crippen LogP contribution < -0.4 is 10.1 Å². The molecule has 0 amide bonds. The maximum atomic E-state index is 5.88. The lowest BCUT2D eigenvalue weighted by atomic mass is 10.3. The third kappa shape index (κ3) is 4.16. The monoisotopic (exact) mass is 341 g/mol. The summed E-state index contributed by atoms with van der Waals surface area (Å²) < 4.78 is 6.45. The standard InChI is InChI=1S/C13H13BrClN3O/c1-2-16-6-10-7-17-8-13(18-10)19-12-4-3-9(15)5-11(12)14/h3-5,7-8,16H,2,6H2,1H3. The second-order valence-electron chi connectivity index (χ2n) is 3.81. The Morgan fingerprint density at radius 2 is 2.21 bits per heavy atom. The molecular weight excluding hydrogens is 330 g/mol. The quantitative estimate of drug-likeness (QED) is 0.898. The highest BCUT2D eigenvalue weighted by molar-refractivity contribution is 9.10. The molecule has 1 aromatic carbocycles. The number of nitrogens with one attached hydrogen (secondary N) is 1. The summed E-state index contributed by atoms with van der Waals surface area (Å²) in [7, 11) is 0. The van der Waals surface area contributed by atoms with Gasteiger partial charge in [0.25, 0.3) is 0 Å². The van der Waals surface area contributed by atoms with Gasteiger partial charge < -0.3 is 10.1 Å². The van der Waals surface area contributed by atoms with E-state index in [-0.39, 0.29) is 0 Å². The molecule has 100 valence electrons. The van der Waals surface area contributed by atoms with Crippen LogP contribution in [0.25, 0.3) is 0 Å². The van der Waals surface area contributed by atoms with Gasteiger partial charge >= 0.3 is 0 Å². The van der Waals surface area contributed by atoms with E-state index < -0.39 is 0 Å². The first-order valence-electron chi connectivity index (χ1n) is 5.83. The number of hydrogen-bond acceptors (Lipinski definition) is 4. The van der Waals surface area contributed by atoms with Crippen LogP contribution in [0.4, 0.5) is 0 Å². The summed E-state index contributed by atoms with van der Waals surface area (Å²) in [5.41, 5.74) is 0.837. The molecule has 1 heterocycles. The Balaban J connectivity index is 2.14. The van der Waals surface area contributed by atoms with Crippen molar-refractivity contribution in [2.75, 3.05) is 6.54 Å². The highest BCUT2D eigenvalue weighted by Gasteiger charge is 2.05. The van der Waals surface area contributed by atoms with Gasteiger partial charge in [0.05, 0.1) is 16.4 Å². The largest absolute Gasteiger partial charge is 0.436 e. The molecule has 0 unspecified atom stereocenters. The summed E-state index contributed by atoms with van der Waals surface area (Å²) in [6, 6.07) is 5.31. The summed E-state index contributed by atoms with van der Waals surface area (Å²) >= 11 is 9.28. The zero-order valence-corrected chi connectivity index (χ0v) is 12.7. The van der Waals surface area contributed by atoms with Gasteiger partial charge in [0.15, 0.2) is 0 Å². The number of nitrogens with zero attached hydrogens (tertiary/aromatic N) is 2. The Bertz CT molecular complexity index is 565. The van der Waals surface area contributed by atoms with Crippen molar-refractivity contribution in [3.63, 3.8) is 0 Å². The van der Waals surface area contributed by atoms with Gasteiger partial charge in [-0.3, -0.25) is 4.98 Å². The molecule has 0 fully saturated rings. The van der Waals surface area contributed by atoms with Crippen molar-refractivity contribution in [2.24, 2.45) is 0 Å². The Hall–Kier alpha value is -1.17. The number of halogens is 2. The lowest BCUT2D eigenvalue weighted by molar-refractivity contribution is 0.454. The Morgan fingerprint density at radius 3 is 2.95 bits per heavy atom. The molecule has 0 radical (unpaired) electrons. The molecule has 0 aliphatic heterocycles. The van der Waals surface area contributed by atoms with Crippen LogP contribution in [-0.4, -0.2) is 16.5 Å². The van der Waals surface area contributed by atoms with Crippen molar-refractivity contribution in [1.29, 1.82) is 0 Å². The van der Waals surface area contributed by atoms with E-state index in [0.717, 1.165) is 16.7 Å². The summed E-state index contributed by atoms with van der Waals surface area (Å²) in [5, 5.41) is 3.83. The van der Waals surface area contributed by atoms with Crippen molar-refractivity contribution in [3.8, 4) is 11.6 Å². The second kappa shape index (κ2) is 6.84. The number of hydrogen-bond donors (Lipinski definition) is 1. The van der Waals surface area contributed by atoms with Gasteiger partial charge in [0, 0.05) is 17.8 Å². The Morgan fingerprint density at radius 1 is 1.37 bits per heavy atom. The van der Waals surface area contributed by atoms with Crippen molar-refractivity contribution >= 4 is 27.5 Å². The molecule has 6 heteroatoms. The summed E-state index contributed by atoms with van der Waals surface area (Å²) in [6.45, 7) is 3.59. The fraction of sp³-hybridized carbons (Fsp3) is 0.231. The molecule has 0 spiro atoms. The predicted octanol–water partition coefficient (Wildman–Crippen LogP) is 3.79. The minimum Gasteiger partial charge on any atom is -0.436 e. The van der Waals surface area contributed by atoms with Crippen LogP contribution >= 0.6 is 27.5 Å². The number of rotatable bonds is 5. The van der Waals surface area contributed by atoms with Gasteiger partial charge in [-0.15, -0.1) is 0 Å². The van der Waals surface area contributed by atoms with Gasteiger partial charge in [-0.25, -0.2) is 4.98 Å². The minimum atomic E-state index is 0.457. The smallest absolute Gasteiger partial charge is 0.238 e. The second-order valence-corrected chi connectivity index (χ2v) is 5.10. The lowest BCUT2D eigenvalue weighted by Crippen LogP contribution is -2.13. The van der Waals surface area contributed by atoms with Crippen molar-refractivity contribution in [3.05, 3.63) is 45.8 Å². The van der Waals surface area contributed by atoms with E-state index >= 15 is 0 Å². The van der Waals surface area contributed by atoms with Gasteiger partial charge in [0.1, 0.15) is 5.75 Å². The zero-order valence-electron chi connectivity index (χ0n) is 10.4. The lowest BCUT2D eigenvalue weighted by Gasteiger charge is -2.08. The van der Waals surface area contributed by atoms with Gasteiger partial charge in [-0.05, 0) is 40.7 Å². The first-order valence-corrected chi connectivity index (χ1v) is 7.00. The average molecular weight is 343 g/mol. The molecule has 4 nitrogen and oxygen atoms in total. The summed E-state index contributed by atoms with van der Waals surface area (Å²) in [6.07, 6.45) is 3.29. The molecule has 0 aliphatic carbocycles. The molecule has 2 rings (SSSR count). The molecule has 0 atom stereocenters. The van der Waals surface area contributed by atoms with Crippen LogP contribution in [0, 0.1) is 0 Å². The molecule has 0 saturated carbocycles. The van der Waals surface area contributed by atoms with Gasteiger partial charge in [-0.1, -0.05) is 18.5 Å². The summed E-state index contributed by atoms with van der Waals surface area (Å²) in [4.78, 5) is 8.48. The summed E-state index contributed by atoms with van der Waals surface area (Å²) in [5.74, 6) is 1.11. The van der Waals surface area contributed by atoms with E-state index in [1.165, 1.54) is 0 Å². The maximum Gasteiger partial charge on any atom is 0.238 e. The maximum absolute atomic E-state index is 5.88. The third-order valence-electron chi connectivity index (χ3n) is 2.33. The SMILES string of the molecule is CCNCc1cncc(Oc2ccc(Cl)cc2Br)n1. The number of aromatic nitrogens is 2. The van der Waals surface area contributed by atoms with E-state index in [9.17, 15) is 0 Å². The molecule has 0 aliphatic rings. The van der Waals surface area contributed by atoms with Crippen molar-refractivity contribution in [1.82, 2.24) is 15.3 Å². The molecular formula is C13H13BrClN3O. The van der Waals surface area contributed by atoms with E-state index in [2.05, 4.69) is 31.2 Å². The van der Waals surface area contributed by atoms with E-state index in [0.29, 0.717) is 23.2 Å².